The third kappa shape index (κ3) is 6.80. The molecule has 0 aliphatic rings. The molecular weight excluding hydrogens is 291 g/mol. The van der Waals surface area contributed by atoms with E-state index in [9.17, 15) is 26.7 Å². The van der Waals surface area contributed by atoms with E-state index >= 15 is 0 Å². The van der Waals surface area contributed by atoms with Crippen LogP contribution in [0.2, 0.25) is 0 Å². The molecule has 0 saturated heterocycles. The molecule has 0 bridgehead atoms. The Hall–Kier alpha value is -1.22. The Balaban J connectivity index is 3.94. The van der Waals surface area contributed by atoms with Crippen LogP contribution in [-0.4, -0.2) is 49.1 Å². The van der Waals surface area contributed by atoms with Crippen LogP contribution in [0.25, 0.3) is 0 Å². The van der Waals surface area contributed by atoms with E-state index < -0.39 is 37.4 Å². The molecule has 0 aliphatic heterocycles. The molecule has 0 spiro atoms. The summed E-state index contributed by atoms with van der Waals surface area (Å²) in [6.07, 6.45) is -5.01. The standard InChI is InChI=1S/C11H15F5O4/c1-7(9(17)18)5-8(2)20-4-3-19-6-10(12,13)11(14,15)16/h5,8H,3-4,6H2,1-2H3,(H,17,18). The van der Waals surface area contributed by atoms with Crippen LogP contribution in [0, 0.1) is 0 Å². The lowest BCUT2D eigenvalue weighted by molar-refractivity contribution is -0.297. The lowest BCUT2D eigenvalue weighted by Gasteiger charge is -2.19. The van der Waals surface area contributed by atoms with Crippen molar-refractivity contribution in [3.8, 4) is 0 Å². The van der Waals surface area contributed by atoms with E-state index in [0.29, 0.717) is 0 Å². The predicted octanol–water partition coefficient (Wildman–Crippen LogP) is 2.64. The number of hydrogen-bond acceptors (Lipinski definition) is 3. The van der Waals surface area contributed by atoms with Gasteiger partial charge < -0.3 is 14.6 Å². The van der Waals surface area contributed by atoms with Gasteiger partial charge in [0.1, 0.15) is 6.61 Å². The molecule has 0 saturated carbocycles. The number of carboxylic acid groups (broad SMARTS) is 1. The number of aliphatic carboxylic acids is 1. The van der Waals surface area contributed by atoms with E-state index in [1.165, 1.54) is 19.9 Å². The van der Waals surface area contributed by atoms with Gasteiger partial charge in [0.2, 0.25) is 0 Å². The third-order valence-electron chi connectivity index (χ3n) is 2.13. The van der Waals surface area contributed by atoms with E-state index in [-0.39, 0.29) is 12.2 Å². The molecule has 0 rings (SSSR count). The highest BCUT2D eigenvalue weighted by atomic mass is 19.4. The molecule has 9 heteroatoms. The maximum absolute atomic E-state index is 12.4. The van der Waals surface area contributed by atoms with Crippen LogP contribution in [0.5, 0.6) is 0 Å². The third-order valence-corrected chi connectivity index (χ3v) is 2.13. The first-order valence-corrected chi connectivity index (χ1v) is 5.53. The summed E-state index contributed by atoms with van der Waals surface area (Å²) < 4.78 is 69.3. The van der Waals surface area contributed by atoms with Crippen molar-refractivity contribution in [2.45, 2.75) is 32.1 Å². The van der Waals surface area contributed by atoms with Gasteiger partial charge in [-0.15, -0.1) is 0 Å². The van der Waals surface area contributed by atoms with Gasteiger partial charge in [-0.05, 0) is 19.9 Å². The normalized spacial score (nSPS) is 15.2. The van der Waals surface area contributed by atoms with Gasteiger partial charge >= 0.3 is 18.1 Å². The fraction of sp³-hybridized carbons (Fsp3) is 0.727. The molecule has 0 aliphatic carbocycles. The summed E-state index contributed by atoms with van der Waals surface area (Å²) in [4.78, 5) is 10.5. The molecule has 0 heterocycles. The van der Waals surface area contributed by atoms with Gasteiger partial charge in [0.15, 0.2) is 0 Å². The Kier molecular flexibility index (Phi) is 7.07. The molecule has 0 fully saturated rings. The second kappa shape index (κ2) is 7.53. The smallest absolute Gasteiger partial charge is 0.455 e. The number of rotatable bonds is 8. The highest BCUT2D eigenvalue weighted by molar-refractivity contribution is 5.85. The molecule has 0 aromatic carbocycles. The molecule has 0 aromatic heterocycles. The Morgan fingerprint density at radius 3 is 2.25 bits per heavy atom. The van der Waals surface area contributed by atoms with Gasteiger partial charge in [-0.2, -0.15) is 22.0 Å². The molecule has 118 valence electrons. The van der Waals surface area contributed by atoms with Gasteiger partial charge in [-0.3, -0.25) is 0 Å². The van der Waals surface area contributed by atoms with Crippen molar-refractivity contribution in [3.05, 3.63) is 11.6 Å². The lowest BCUT2D eigenvalue weighted by Crippen LogP contribution is -2.41. The Bertz CT molecular complexity index is 351. The largest absolute Gasteiger partial charge is 0.478 e. The maximum Gasteiger partial charge on any atom is 0.455 e. The number of carboxylic acids is 1. The molecule has 0 aromatic rings. The van der Waals surface area contributed by atoms with Crippen molar-refractivity contribution in [3.63, 3.8) is 0 Å². The molecular formula is C11H15F5O4. The van der Waals surface area contributed by atoms with E-state index in [1.807, 2.05) is 0 Å². The molecule has 4 nitrogen and oxygen atoms in total. The van der Waals surface area contributed by atoms with E-state index in [2.05, 4.69) is 4.74 Å². The van der Waals surface area contributed by atoms with Crippen molar-refractivity contribution in [2.24, 2.45) is 0 Å². The average molecular weight is 306 g/mol. The fourth-order valence-corrected chi connectivity index (χ4v) is 1.05. The zero-order valence-corrected chi connectivity index (χ0v) is 10.8. The Morgan fingerprint density at radius 1 is 1.25 bits per heavy atom. The first kappa shape index (κ1) is 18.8. The Morgan fingerprint density at radius 2 is 1.80 bits per heavy atom. The summed E-state index contributed by atoms with van der Waals surface area (Å²) in [6.45, 7) is 0.353. The zero-order chi connectivity index (χ0) is 16.0. The summed E-state index contributed by atoms with van der Waals surface area (Å²) in [5.74, 6) is -6.04. The number of alkyl halides is 5. The molecule has 0 amide bonds. The molecule has 20 heavy (non-hydrogen) atoms. The van der Waals surface area contributed by atoms with Crippen molar-refractivity contribution in [1.29, 1.82) is 0 Å². The highest BCUT2D eigenvalue weighted by Crippen LogP contribution is 2.35. The maximum atomic E-state index is 12.4. The van der Waals surface area contributed by atoms with E-state index in [0.717, 1.165) is 0 Å². The summed E-state index contributed by atoms with van der Waals surface area (Å²) in [5, 5.41) is 8.57. The minimum atomic E-state index is -5.65. The summed E-state index contributed by atoms with van der Waals surface area (Å²) in [7, 11) is 0. The SMILES string of the molecule is CC(=CC(C)OCCOCC(F)(F)C(F)(F)F)C(=O)O. The zero-order valence-electron chi connectivity index (χ0n) is 10.8. The van der Waals surface area contributed by atoms with Crippen molar-refractivity contribution in [2.75, 3.05) is 19.8 Å². The second-order valence-corrected chi connectivity index (χ2v) is 3.99. The topological polar surface area (TPSA) is 55.8 Å². The fourth-order valence-electron chi connectivity index (χ4n) is 1.05. The van der Waals surface area contributed by atoms with Gasteiger partial charge in [0.05, 0.1) is 19.3 Å². The van der Waals surface area contributed by atoms with Gasteiger partial charge in [-0.25, -0.2) is 4.79 Å². The minimum absolute atomic E-state index is 0.0297. The quantitative estimate of drug-likeness (QED) is 0.425. The second-order valence-electron chi connectivity index (χ2n) is 3.99. The van der Waals surface area contributed by atoms with Gasteiger partial charge in [0, 0.05) is 5.57 Å². The minimum Gasteiger partial charge on any atom is -0.478 e. The van der Waals surface area contributed by atoms with Gasteiger partial charge in [0.25, 0.3) is 0 Å². The highest BCUT2D eigenvalue weighted by Gasteiger charge is 2.57. The van der Waals surface area contributed by atoms with Crippen LogP contribution in [0.4, 0.5) is 22.0 Å². The molecule has 1 N–H and O–H groups in total. The average Bonchev–Trinajstić information content (AvgIpc) is 2.26. The van der Waals surface area contributed by atoms with E-state index in [4.69, 9.17) is 9.84 Å². The van der Waals surface area contributed by atoms with Crippen molar-refractivity contribution < 1.29 is 41.3 Å². The number of ether oxygens (including phenoxy) is 2. The van der Waals surface area contributed by atoms with Crippen LogP contribution < -0.4 is 0 Å². The molecule has 1 unspecified atom stereocenters. The van der Waals surface area contributed by atoms with E-state index in [1.54, 1.807) is 0 Å². The van der Waals surface area contributed by atoms with Gasteiger partial charge in [-0.1, -0.05) is 0 Å². The van der Waals surface area contributed by atoms with Crippen molar-refractivity contribution in [1.82, 2.24) is 0 Å². The van der Waals surface area contributed by atoms with Crippen molar-refractivity contribution >= 4 is 5.97 Å². The van der Waals surface area contributed by atoms with Crippen LogP contribution in [0.1, 0.15) is 13.8 Å². The van der Waals surface area contributed by atoms with Crippen LogP contribution in [0.3, 0.4) is 0 Å². The number of halogens is 5. The summed E-state index contributed by atoms with van der Waals surface area (Å²) in [5.41, 5.74) is 0.0297. The van der Waals surface area contributed by atoms with Crippen LogP contribution in [-0.2, 0) is 14.3 Å². The lowest BCUT2D eigenvalue weighted by atomic mass is 10.2. The first-order chi connectivity index (χ1) is 8.97. The number of carbonyl (C=O) groups is 1. The Labute approximate surface area is 112 Å². The first-order valence-electron chi connectivity index (χ1n) is 5.53. The summed E-state index contributed by atoms with van der Waals surface area (Å²) in [6, 6.07) is 0. The predicted molar refractivity (Wildman–Crippen MR) is 58.6 cm³/mol. The summed E-state index contributed by atoms with van der Waals surface area (Å²) >= 11 is 0. The molecule has 1 atom stereocenters. The molecule has 0 radical (unpaired) electrons. The number of hydrogen-bond donors (Lipinski definition) is 1. The monoisotopic (exact) mass is 306 g/mol. The van der Waals surface area contributed by atoms with Crippen LogP contribution >= 0.6 is 0 Å². The van der Waals surface area contributed by atoms with Crippen LogP contribution in [0.15, 0.2) is 11.6 Å².